The fourth-order valence-corrected chi connectivity index (χ4v) is 5.59. The summed E-state index contributed by atoms with van der Waals surface area (Å²) in [6.07, 6.45) is 2.39. The number of phenols is 4. The zero-order valence-corrected chi connectivity index (χ0v) is 23.8. The number of benzene rings is 2. The highest BCUT2D eigenvalue weighted by Gasteiger charge is 2.54. The average molecular weight is 613 g/mol. The van der Waals surface area contributed by atoms with Gasteiger partial charge < -0.3 is 45.2 Å². The van der Waals surface area contributed by atoms with Crippen LogP contribution in [0.4, 0.5) is 0 Å². The molecule has 0 spiro atoms. The minimum atomic E-state index is -2.11. The van der Waals surface area contributed by atoms with E-state index in [1.54, 1.807) is 0 Å². The first-order chi connectivity index (χ1) is 20.8. The van der Waals surface area contributed by atoms with Gasteiger partial charge in [0.1, 0.15) is 18.3 Å². The molecule has 2 fully saturated rings. The maximum absolute atomic E-state index is 13.5. The van der Waals surface area contributed by atoms with Gasteiger partial charge in [0.2, 0.25) is 0 Å². The van der Waals surface area contributed by atoms with E-state index in [-0.39, 0.29) is 35.8 Å². The summed E-state index contributed by atoms with van der Waals surface area (Å²) in [4.78, 5) is 38.6. The fraction of sp³-hybridized carbons (Fsp3) is 0.406. The van der Waals surface area contributed by atoms with Crippen LogP contribution in [0.25, 0.3) is 12.2 Å². The molecule has 236 valence electrons. The number of aliphatic carboxylic acids is 1. The first-order valence-corrected chi connectivity index (χ1v) is 14.2. The van der Waals surface area contributed by atoms with Crippen molar-refractivity contribution in [3.05, 3.63) is 59.7 Å². The molecule has 0 heterocycles. The highest BCUT2D eigenvalue weighted by atomic mass is 16.6. The van der Waals surface area contributed by atoms with Crippen LogP contribution in [-0.2, 0) is 23.9 Å². The van der Waals surface area contributed by atoms with Crippen molar-refractivity contribution in [3.63, 3.8) is 0 Å². The Morgan fingerprint density at radius 2 is 1.34 bits per heavy atom. The number of carboxylic acids is 1. The van der Waals surface area contributed by atoms with Crippen LogP contribution < -0.4 is 0 Å². The number of ether oxygens (including phenoxy) is 2. The molecule has 12 nitrogen and oxygen atoms in total. The number of hydrogen-bond donors (Lipinski definition) is 7. The minimum Gasteiger partial charge on any atom is -0.504 e. The van der Waals surface area contributed by atoms with Crippen LogP contribution in [0.5, 0.6) is 23.0 Å². The summed E-state index contributed by atoms with van der Waals surface area (Å²) in [5.74, 6) is -3.94. The van der Waals surface area contributed by atoms with Crippen molar-refractivity contribution < 1.29 is 59.6 Å². The molecule has 2 aromatic carbocycles. The molecule has 0 radical (unpaired) electrons. The van der Waals surface area contributed by atoms with Gasteiger partial charge in [0.15, 0.2) is 40.2 Å². The number of carbonyl (C=O) groups is 3. The lowest BCUT2D eigenvalue weighted by Crippen LogP contribution is -2.60. The number of phenolic OH excluding ortho intramolecular Hbond substituents is 4. The van der Waals surface area contributed by atoms with Gasteiger partial charge in [0, 0.05) is 12.8 Å². The Morgan fingerprint density at radius 1 is 0.773 bits per heavy atom. The summed E-state index contributed by atoms with van der Waals surface area (Å²) in [5.41, 5.74) is -2.70. The Labute approximate surface area is 253 Å². The first kappa shape index (κ1) is 32.7. The van der Waals surface area contributed by atoms with Crippen molar-refractivity contribution in [3.8, 4) is 23.0 Å². The van der Waals surface area contributed by atoms with E-state index in [0.717, 1.165) is 12.5 Å². The van der Waals surface area contributed by atoms with Gasteiger partial charge in [-0.25, -0.2) is 4.79 Å². The molecule has 4 atom stereocenters. The molecule has 0 unspecified atom stereocenters. The zero-order valence-electron chi connectivity index (χ0n) is 23.8. The van der Waals surface area contributed by atoms with Gasteiger partial charge in [-0.3, -0.25) is 9.59 Å². The van der Waals surface area contributed by atoms with Crippen molar-refractivity contribution in [2.75, 3.05) is 6.61 Å². The molecule has 0 bridgehead atoms. The third-order valence-electron chi connectivity index (χ3n) is 8.10. The van der Waals surface area contributed by atoms with Crippen LogP contribution in [0.3, 0.4) is 0 Å². The van der Waals surface area contributed by atoms with E-state index in [1.165, 1.54) is 54.6 Å². The van der Waals surface area contributed by atoms with Gasteiger partial charge in [-0.15, -0.1) is 0 Å². The van der Waals surface area contributed by atoms with Crippen molar-refractivity contribution in [1.82, 2.24) is 0 Å². The van der Waals surface area contributed by atoms with Gasteiger partial charge in [0.05, 0.1) is 12.2 Å². The normalized spacial score (nSPS) is 25.3. The molecule has 0 amide bonds. The summed E-state index contributed by atoms with van der Waals surface area (Å²) >= 11 is 0. The lowest BCUT2D eigenvalue weighted by atomic mass is 9.77. The van der Waals surface area contributed by atoms with E-state index in [1.807, 2.05) is 0 Å². The number of carbonyl (C=O) groups excluding carboxylic acids is 2. The van der Waals surface area contributed by atoms with Gasteiger partial charge in [-0.1, -0.05) is 43.5 Å². The molecule has 0 saturated heterocycles. The molecule has 2 aliphatic carbocycles. The van der Waals surface area contributed by atoms with Crippen molar-refractivity contribution in [1.29, 1.82) is 0 Å². The number of aliphatic hydroxyl groups is 2. The maximum Gasteiger partial charge on any atom is 0.336 e. The number of ketones is 2. The molecule has 0 aromatic heterocycles. The number of hydrogen-bond acceptors (Lipinski definition) is 11. The highest BCUT2D eigenvalue weighted by Crippen LogP contribution is 2.41. The van der Waals surface area contributed by atoms with Gasteiger partial charge in [-0.2, -0.15) is 0 Å². The second-order valence-electron chi connectivity index (χ2n) is 11.3. The summed E-state index contributed by atoms with van der Waals surface area (Å²) in [5, 5.41) is 70.0. The van der Waals surface area contributed by atoms with E-state index in [9.17, 15) is 50.1 Å². The molecule has 44 heavy (non-hydrogen) atoms. The van der Waals surface area contributed by atoms with Crippen LogP contribution in [0.1, 0.15) is 56.1 Å². The Balaban J connectivity index is 1.51. The van der Waals surface area contributed by atoms with E-state index in [2.05, 4.69) is 0 Å². The molecule has 2 saturated carbocycles. The maximum atomic E-state index is 13.5. The summed E-state index contributed by atoms with van der Waals surface area (Å²) < 4.78 is 11.8. The Kier molecular flexibility index (Phi) is 10.1. The molecule has 4 rings (SSSR count). The number of aliphatic hydroxyl groups excluding tert-OH is 2. The van der Waals surface area contributed by atoms with E-state index in [4.69, 9.17) is 9.47 Å². The number of aromatic hydroxyl groups is 4. The smallest absolute Gasteiger partial charge is 0.336 e. The lowest BCUT2D eigenvalue weighted by Gasteiger charge is -2.46. The predicted octanol–water partition coefficient (Wildman–Crippen LogP) is 2.82. The SMILES string of the molecule is O=C(C=Cc1ccc(O)c(O)c1)CO[C@]1(C(=O)O)C[C@@H](O)[C@@H](O)[C@H](OC2(C(=O)C=Cc3ccc(O)c(O)c3)CCCCC2)C1. The van der Waals surface area contributed by atoms with E-state index in [0.29, 0.717) is 24.0 Å². The Hall–Kier alpha value is -4.23. The standard InChI is InChI=1S/C32H36O12/c33-21(8-4-19-5-9-22(34)24(36)14-19)18-43-32(30(41)42)16-26(38)29(40)27(17-32)44-31(12-2-1-3-13-31)28(39)11-7-20-6-10-23(35)25(37)15-20/h4-11,14-15,26-27,29,34-38,40H,1-3,12-13,16-18H2,(H,41,42)/t26-,27-,29-,32-/m1/s1. The third kappa shape index (κ3) is 7.45. The van der Waals surface area contributed by atoms with Gasteiger partial charge in [-0.05, 0) is 60.4 Å². The largest absolute Gasteiger partial charge is 0.504 e. The molecule has 12 heteroatoms. The second-order valence-corrected chi connectivity index (χ2v) is 11.3. The van der Waals surface area contributed by atoms with Crippen molar-refractivity contribution in [2.24, 2.45) is 0 Å². The monoisotopic (exact) mass is 612 g/mol. The predicted molar refractivity (Wildman–Crippen MR) is 156 cm³/mol. The van der Waals surface area contributed by atoms with Crippen LogP contribution in [0.15, 0.2) is 48.6 Å². The average Bonchev–Trinajstić information content (AvgIpc) is 2.99. The molecule has 7 N–H and O–H groups in total. The zero-order chi connectivity index (χ0) is 32.1. The van der Waals surface area contributed by atoms with Gasteiger partial charge >= 0.3 is 5.97 Å². The topological polar surface area (TPSA) is 211 Å². The van der Waals surface area contributed by atoms with E-state index < -0.39 is 66.5 Å². The van der Waals surface area contributed by atoms with Crippen LogP contribution in [0.2, 0.25) is 0 Å². The van der Waals surface area contributed by atoms with Gasteiger partial charge in [0.25, 0.3) is 0 Å². The highest BCUT2D eigenvalue weighted by molar-refractivity contribution is 6.00. The quantitative estimate of drug-likeness (QED) is 0.144. The summed E-state index contributed by atoms with van der Waals surface area (Å²) in [7, 11) is 0. The van der Waals surface area contributed by atoms with Crippen LogP contribution in [0, 0.1) is 0 Å². The molecular weight excluding hydrogens is 576 g/mol. The second kappa shape index (κ2) is 13.6. The van der Waals surface area contributed by atoms with Crippen molar-refractivity contribution >= 4 is 29.7 Å². The molecule has 2 aromatic rings. The van der Waals surface area contributed by atoms with Crippen LogP contribution >= 0.6 is 0 Å². The van der Waals surface area contributed by atoms with Crippen LogP contribution in [-0.4, -0.2) is 89.4 Å². The molecular formula is C32H36O12. The molecule has 0 aliphatic heterocycles. The number of rotatable bonds is 11. The van der Waals surface area contributed by atoms with E-state index >= 15 is 0 Å². The Bertz CT molecular complexity index is 1440. The minimum absolute atomic E-state index is 0.285. The molecule has 2 aliphatic rings. The fourth-order valence-electron chi connectivity index (χ4n) is 5.59. The number of carboxylic acid groups (broad SMARTS) is 1. The summed E-state index contributed by atoms with van der Waals surface area (Å²) in [6.45, 7) is -0.686. The first-order valence-electron chi connectivity index (χ1n) is 14.2. The lowest BCUT2D eigenvalue weighted by molar-refractivity contribution is -0.227. The third-order valence-corrected chi connectivity index (χ3v) is 8.10. The Morgan fingerprint density at radius 3 is 1.89 bits per heavy atom. The van der Waals surface area contributed by atoms with Crippen molar-refractivity contribution in [2.45, 2.75) is 74.5 Å². The summed E-state index contributed by atoms with van der Waals surface area (Å²) in [6, 6.07) is 7.96.